The minimum absolute atomic E-state index is 0.157. The van der Waals surface area contributed by atoms with Gasteiger partial charge in [-0.05, 0) is 42.0 Å². The average Bonchev–Trinajstić information content (AvgIpc) is 3.11. The molecule has 2 heterocycles. The van der Waals surface area contributed by atoms with Crippen LogP contribution in [0.25, 0.3) is 20.7 Å². The summed E-state index contributed by atoms with van der Waals surface area (Å²) in [6.45, 7) is 0.157. The monoisotopic (exact) mass is 366 g/mol. The van der Waals surface area contributed by atoms with Crippen molar-refractivity contribution in [3.63, 3.8) is 0 Å². The molecule has 130 valence electrons. The summed E-state index contributed by atoms with van der Waals surface area (Å²) >= 11 is 1.39. The fourth-order valence-corrected chi connectivity index (χ4v) is 3.83. The Hall–Kier alpha value is -2.99. The standard InChI is InChI=1S/C20H15FN2O2S/c1-25-15-8-6-13(7-9-15)18-10-17-19(26-18)20(24)23(12-22-17)11-14-4-2-3-5-16(14)21/h2-10,12H,11H2,1H3. The van der Waals surface area contributed by atoms with Crippen molar-refractivity contribution in [2.45, 2.75) is 6.54 Å². The molecule has 0 unspecified atom stereocenters. The summed E-state index contributed by atoms with van der Waals surface area (Å²) in [6.07, 6.45) is 1.47. The van der Waals surface area contributed by atoms with Gasteiger partial charge in [0.1, 0.15) is 16.3 Å². The molecule has 0 aliphatic heterocycles. The Bertz CT molecular complexity index is 1130. The summed E-state index contributed by atoms with van der Waals surface area (Å²) in [5.41, 5.74) is 1.94. The van der Waals surface area contributed by atoms with E-state index < -0.39 is 0 Å². The zero-order chi connectivity index (χ0) is 18.1. The second-order valence-electron chi connectivity index (χ2n) is 5.82. The summed E-state index contributed by atoms with van der Waals surface area (Å²) in [6, 6.07) is 16.0. The molecule has 0 bridgehead atoms. The van der Waals surface area contributed by atoms with Gasteiger partial charge in [0.05, 0.1) is 25.5 Å². The predicted octanol–water partition coefficient (Wildman–Crippen LogP) is 4.32. The number of nitrogens with zero attached hydrogens (tertiary/aromatic N) is 2. The highest BCUT2D eigenvalue weighted by atomic mass is 32.1. The molecule has 0 amide bonds. The molecule has 0 radical (unpaired) electrons. The number of ether oxygens (including phenoxy) is 1. The molecule has 0 fully saturated rings. The van der Waals surface area contributed by atoms with Crippen molar-refractivity contribution in [1.29, 1.82) is 0 Å². The number of fused-ring (bicyclic) bond motifs is 1. The first kappa shape index (κ1) is 16.5. The van der Waals surface area contributed by atoms with Crippen LogP contribution in [0.5, 0.6) is 5.75 Å². The fourth-order valence-electron chi connectivity index (χ4n) is 2.77. The molecule has 4 nitrogen and oxygen atoms in total. The number of rotatable bonds is 4. The Kier molecular flexibility index (Phi) is 4.26. The van der Waals surface area contributed by atoms with Crippen LogP contribution in [-0.4, -0.2) is 16.7 Å². The lowest BCUT2D eigenvalue weighted by molar-refractivity contribution is 0.415. The van der Waals surface area contributed by atoms with E-state index in [4.69, 9.17) is 4.74 Å². The van der Waals surface area contributed by atoms with E-state index in [2.05, 4.69) is 4.98 Å². The lowest BCUT2D eigenvalue weighted by Crippen LogP contribution is -2.20. The molecule has 6 heteroatoms. The average molecular weight is 366 g/mol. The number of hydrogen-bond donors (Lipinski definition) is 0. The molecular formula is C20H15FN2O2S. The number of methoxy groups -OCH3 is 1. The second kappa shape index (κ2) is 6.72. The Morgan fingerprint density at radius 3 is 2.65 bits per heavy atom. The first-order valence-electron chi connectivity index (χ1n) is 8.02. The predicted molar refractivity (Wildman–Crippen MR) is 101 cm³/mol. The smallest absolute Gasteiger partial charge is 0.271 e. The Labute approximate surface area is 153 Å². The topological polar surface area (TPSA) is 44.1 Å². The van der Waals surface area contributed by atoms with E-state index in [0.717, 1.165) is 16.2 Å². The number of hydrogen-bond acceptors (Lipinski definition) is 4. The lowest BCUT2D eigenvalue weighted by atomic mass is 10.2. The van der Waals surface area contributed by atoms with Crippen LogP contribution < -0.4 is 10.3 Å². The van der Waals surface area contributed by atoms with E-state index >= 15 is 0 Å². The minimum Gasteiger partial charge on any atom is -0.497 e. The number of thiophene rings is 1. The summed E-state index contributed by atoms with van der Waals surface area (Å²) in [4.78, 5) is 18.1. The molecule has 0 saturated carbocycles. The van der Waals surface area contributed by atoms with Gasteiger partial charge in [-0.3, -0.25) is 9.36 Å². The van der Waals surface area contributed by atoms with Crippen molar-refractivity contribution < 1.29 is 9.13 Å². The van der Waals surface area contributed by atoms with Crippen molar-refractivity contribution >= 4 is 21.6 Å². The summed E-state index contributed by atoms with van der Waals surface area (Å²) in [5.74, 6) is 0.449. The van der Waals surface area contributed by atoms with Crippen molar-refractivity contribution in [2.24, 2.45) is 0 Å². The first-order valence-corrected chi connectivity index (χ1v) is 8.84. The quantitative estimate of drug-likeness (QED) is 0.540. The normalized spacial score (nSPS) is 11.0. The van der Waals surface area contributed by atoms with Crippen LogP contribution in [0.15, 0.2) is 65.7 Å². The zero-order valence-corrected chi connectivity index (χ0v) is 14.8. The molecule has 0 saturated heterocycles. The van der Waals surface area contributed by atoms with Crippen LogP contribution in [0.4, 0.5) is 4.39 Å². The molecular weight excluding hydrogens is 351 g/mol. The second-order valence-corrected chi connectivity index (χ2v) is 6.87. The third kappa shape index (κ3) is 2.99. The third-order valence-corrected chi connectivity index (χ3v) is 5.34. The van der Waals surface area contributed by atoms with Gasteiger partial charge in [0.15, 0.2) is 0 Å². The van der Waals surface area contributed by atoms with Crippen LogP contribution in [0, 0.1) is 5.82 Å². The van der Waals surface area contributed by atoms with E-state index in [9.17, 15) is 9.18 Å². The molecule has 0 atom stereocenters. The van der Waals surface area contributed by atoms with Gasteiger partial charge in [0, 0.05) is 10.4 Å². The highest BCUT2D eigenvalue weighted by Crippen LogP contribution is 2.31. The van der Waals surface area contributed by atoms with Crippen LogP contribution in [0.3, 0.4) is 0 Å². The first-order chi connectivity index (χ1) is 12.7. The van der Waals surface area contributed by atoms with Crippen molar-refractivity contribution in [1.82, 2.24) is 9.55 Å². The molecule has 2 aromatic carbocycles. The van der Waals surface area contributed by atoms with Crippen LogP contribution in [0.2, 0.25) is 0 Å². The van der Waals surface area contributed by atoms with Crippen molar-refractivity contribution in [2.75, 3.05) is 7.11 Å². The summed E-state index contributed by atoms with van der Waals surface area (Å²) in [5, 5.41) is 0. The minimum atomic E-state index is -0.329. The van der Waals surface area contributed by atoms with E-state index in [0.29, 0.717) is 15.8 Å². The molecule has 0 aliphatic rings. The lowest BCUT2D eigenvalue weighted by Gasteiger charge is -2.06. The highest BCUT2D eigenvalue weighted by Gasteiger charge is 2.12. The van der Waals surface area contributed by atoms with Gasteiger partial charge < -0.3 is 4.74 Å². The Balaban J connectivity index is 1.73. The molecule has 26 heavy (non-hydrogen) atoms. The Morgan fingerprint density at radius 2 is 1.92 bits per heavy atom. The molecule has 2 aromatic heterocycles. The maximum atomic E-state index is 13.9. The van der Waals surface area contributed by atoms with Gasteiger partial charge in [0.25, 0.3) is 5.56 Å². The van der Waals surface area contributed by atoms with E-state index in [1.54, 1.807) is 25.3 Å². The number of benzene rings is 2. The third-order valence-electron chi connectivity index (χ3n) is 4.18. The molecule has 0 aliphatic carbocycles. The molecule has 0 spiro atoms. The maximum absolute atomic E-state index is 13.9. The van der Waals surface area contributed by atoms with E-state index in [1.807, 2.05) is 30.3 Å². The zero-order valence-electron chi connectivity index (χ0n) is 14.0. The van der Waals surface area contributed by atoms with Gasteiger partial charge in [-0.2, -0.15) is 0 Å². The number of halogens is 1. The van der Waals surface area contributed by atoms with Crippen LogP contribution in [-0.2, 0) is 6.54 Å². The van der Waals surface area contributed by atoms with Gasteiger partial charge in [-0.15, -0.1) is 11.3 Å². The van der Waals surface area contributed by atoms with Crippen LogP contribution >= 0.6 is 11.3 Å². The summed E-state index contributed by atoms with van der Waals surface area (Å²) in [7, 11) is 1.62. The van der Waals surface area contributed by atoms with Crippen LogP contribution in [0.1, 0.15) is 5.56 Å². The van der Waals surface area contributed by atoms with Gasteiger partial charge in [-0.1, -0.05) is 18.2 Å². The summed E-state index contributed by atoms with van der Waals surface area (Å²) < 4.78 is 21.0. The Morgan fingerprint density at radius 1 is 1.15 bits per heavy atom. The largest absolute Gasteiger partial charge is 0.497 e. The van der Waals surface area contributed by atoms with Crippen molar-refractivity contribution in [3.8, 4) is 16.2 Å². The molecule has 0 N–H and O–H groups in total. The van der Waals surface area contributed by atoms with Gasteiger partial charge >= 0.3 is 0 Å². The molecule has 4 rings (SSSR count). The SMILES string of the molecule is COc1ccc(-c2cc3ncn(Cc4ccccc4F)c(=O)c3s2)cc1. The molecule has 4 aromatic rings. The van der Waals surface area contributed by atoms with E-state index in [1.165, 1.54) is 28.3 Å². The fraction of sp³-hybridized carbons (Fsp3) is 0.100. The highest BCUT2D eigenvalue weighted by molar-refractivity contribution is 7.22. The van der Waals surface area contributed by atoms with E-state index in [-0.39, 0.29) is 17.9 Å². The maximum Gasteiger partial charge on any atom is 0.271 e. The van der Waals surface area contributed by atoms with Gasteiger partial charge in [-0.25, -0.2) is 9.37 Å². The van der Waals surface area contributed by atoms with Crippen molar-refractivity contribution in [3.05, 3.63) is 82.7 Å². The number of aromatic nitrogens is 2. The van der Waals surface area contributed by atoms with Gasteiger partial charge in [0.2, 0.25) is 0 Å².